The van der Waals surface area contributed by atoms with Gasteiger partial charge >= 0.3 is 5.69 Å². The minimum atomic E-state index is -0.624. The SMILES string of the molecule is CC(CCO)CNc1ncnc(Cl)c1[N+](=O)[O-]. The molecule has 0 aliphatic heterocycles. The fraction of sp³-hybridized carbons (Fsp3) is 0.556. The van der Waals surface area contributed by atoms with Crippen molar-refractivity contribution in [3.05, 3.63) is 21.6 Å². The molecule has 0 aliphatic rings. The van der Waals surface area contributed by atoms with Crippen molar-refractivity contribution >= 4 is 23.1 Å². The number of nitrogens with zero attached hydrogens (tertiary/aromatic N) is 3. The number of aliphatic hydroxyl groups excluding tert-OH is 1. The van der Waals surface area contributed by atoms with Crippen LogP contribution in [0.15, 0.2) is 6.33 Å². The lowest BCUT2D eigenvalue weighted by molar-refractivity contribution is -0.384. The van der Waals surface area contributed by atoms with Gasteiger partial charge < -0.3 is 10.4 Å². The summed E-state index contributed by atoms with van der Waals surface area (Å²) in [5.74, 6) is 0.271. The summed E-state index contributed by atoms with van der Waals surface area (Å²) < 4.78 is 0. The van der Waals surface area contributed by atoms with Gasteiger partial charge in [0.25, 0.3) is 0 Å². The van der Waals surface area contributed by atoms with Crippen LogP contribution in [0.5, 0.6) is 0 Å². The van der Waals surface area contributed by atoms with Gasteiger partial charge in [-0.05, 0) is 12.3 Å². The molecule has 1 unspecified atom stereocenters. The van der Waals surface area contributed by atoms with Gasteiger partial charge in [-0.15, -0.1) is 0 Å². The molecule has 7 nitrogen and oxygen atoms in total. The van der Waals surface area contributed by atoms with E-state index in [0.717, 1.165) is 6.33 Å². The molecule has 17 heavy (non-hydrogen) atoms. The van der Waals surface area contributed by atoms with Crippen molar-refractivity contribution in [1.29, 1.82) is 0 Å². The Hall–Kier alpha value is -1.47. The average Bonchev–Trinajstić information content (AvgIpc) is 2.26. The highest BCUT2D eigenvalue weighted by Crippen LogP contribution is 2.28. The molecule has 94 valence electrons. The fourth-order valence-corrected chi connectivity index (χ4v) is 1.44. The van der Waals surface area contributed by atoms with Crippen LogP contribution in [0.3, 0.4) is 0 Å². The molecular weight excluding hydrogens is 248 g/mol. The number of hydrogen-bond acceptors (Lipinski definition) is 6. The number of halogens is 1. The zero-order chi connectivity index (χ0) is 12.8. The number of rotatable bonds is 6. The lowest BCUT2D eigenvalue weighted by Gasteiger charge is -2.11. The van der Waals surface area contributed by atoms with E-state index in [1.807, 2.05) is 6.92 Å². The molecule has 0 aromatic carbocycles. The number of aliphatic hydroxyl groups is 1. The molecule has 1 rings (SSSR count). The van der Waals surface area contributed by atoms with Gasteiger partial charge in [-0.1, -0.05) is 18.5 Å². The number of aromatic nitrogens is 2. The Morgan fingerprint density at radius 2 is 2.35 bits per heavy atom. The highest BCUT2D eigenvalue weighted by atomic mass is 35.5. The van der Waals surface area contributed by atoms with Crippen LogP contribution in [0.25, 0.3) is 0 Å². The molecule has 0 saturated heterocycles. The summed E-state index contributed by atoms with van der Waals surface area (Å²) in [6.07, 6.45) is 1.77. The molecule has 0 fully saturated rings. The first-order valence-corrected chi connectivity index (χ1v) is 5.43. The Morgan fingerprint density at radius 1 is 1.65 bits per heavy atom. The highest BCUT2D eigenvalue weighted by Gasteiger charge is 2.21. The molecule has 0 amide bonds. The summed E-state index contributed by atoms with van der Waals surface area (Å²) in [5.41, 5.74) is -0.328. The molecule has 1 aromatic heterocycles. The van der Waals surface area contributed by atoms with Crippen LogP contribution in [0.1, 0.15) is 13.3 Å². The fourth-order valence-electron chi connectivity index (χ4n) is 1.24. The van der Waals surface area contributed by atoms with Crippen LogP contribution in [-0.2, 0) is 0 Å². The molecule has 8 heteroatoms. The van der Waals surface area contributed by atoms with Crippen LogP contribution < -0.4 is 5.32 Å². The molecule has 0 radical (unpaired) electrons. The van der Waals surface area contributed by atoms with Crippen molar-refractivity contribution in [3.63, 3.8) is 0 Å². The Labute approximate surface area is 103 Å². The van der Waals surface area contributed by atoms with Crippen molar-refractivity contribution in [2.24, 2.45) is 5.92 Å². The van der Waals surface area contributed by atoms with Crippen molar-refractivity contribution in [1.82, 2.24) is 9.97 Å². The molecule has 1 heterocycles. The van der Waals surface area contributed by atoms with Gasteiger partial charge in [-0.2, -0.15) is 0 Å². The zero-order valence-corrected chi connectivity index (χ0v) is 10.0. The quantitative estimate of drug-likeness (QED) is 0.456. The van der Waals surface area contributed by atoms with E-state index < -0.39 is 4.92 Å². The third kappa shape index (κ3) is 3.79. The van der Waals surface area contributed by atoms with E-state index in [1.165, 1.54) is 0 Å². The van der Waals surface area contributed by atoms with Gasteiger partial charge in [0.2, 0.25) is 11.0 Å². The zero-order valence-electron chi connectivity index (χ0n) is 9.26. The van der Waals surface area contributed by atoms with Crippen LogP contribution in [0.2, 0.25) is 5.15 Å². The predicted octanol–water partition coefficient (Wildman–Crippen LogP) is 1.47. The second kappa shape index (κ2) is 6.31. The maximum absolute atomic E-state index is 10.8. The molecule has 2 N–H and O–H groups in total. The largest absolute Gasteiger partial charge is 0.396 e. The molecule has 1 aromatic rings. The molecule has 0 saturated carbocycles. The Bertz CT molecular complexity index is 402. The van der Waals surface area contributed by atoms with Gasteiger partial charge in [0.1, 0.15) is 6.33 Å². The van der Waals surface area contributed by atoms with E-state index in [0.29, 0.717) is 13.0 Å². The molecule has 0 spiro atoms. The first-order chi connectivity index (χ1) is 8.06. The number of hydrogen-bond donors (Lipinski definition) is 2. The van der Waals surface area contributed by atoms with Crippen molar-refractivity contribution in [3.8, 4) is 0 Å². The lowest BCUT2D eigenvalue weighted by atomic mass is 10.1. The normalized spacial score (nSPS) is 12.2. The first kappa shape index (κ1) is 13.6. The van der Waals surface area contributed by atoms with Gasteiger partial charge in [0.15, 0.2) is 0 Å². The van der Waals surface area contributed by atoms with E-state index in [1.54, 1.807) is 0 Å². The minimum absolute atomic E-state index is 0.0788. The number of nitrogens with one attached hydrogen (secondary N) is 1. The monoisotopic (exact) mass is 260 g/mol. The summed E-state index contributed by atoms with van der Waals surface area (Å²) in [6.45, 7) is 2.46. The Kier molecular flexibility index (Phi) is 5.05. The average molecular weight is 261 g/mol. The van der Waals surface area contributed by atoms with Gasteiger partial charge in [0.05, 0.1) is 4.92 Å². The van der Waals surface area contributed by atoms with Gasteiger partial charge in [0, 0.05) is 13.2 Å². The summed E-state index contributed by atoms with van der Waals surface area (Å²) in [7, 11) is 0. The number of anilines is 1. The first-order valence-electron chi connectivity index (χ1n) is 5.05. The van der Waals surface area contributed by atoms with Gasteiger partial charge in [-0.3, -0.25) is 10.1 Å². The van der Waals surface area contributed by atoms with E-state index in [9.17, 15) is 10.1 Å². The maximum atomic E-state index is 10.8. The number of nitro groups is 1. The summed E-state index contributed by atoms with van der Waals surface area (Å²) in [5, 5.41) is 22.2. The standard InChI is InChI=1S/C9H13ClN4O3/c1-6(2-3-15)4-11-9-7(14(16)17)8(10)12-5-13-9/h5-6,15H,2-4H2,1H3,(H,11,12,13). The van der Waals surface area contributed by atoms with E-state index >= 15 is 0 Å². The predicted molar refractivity (Wildman–Crippen MR) is 63.1 cm³/mol. The van der Waals surface area contributed by atoms with Crippen LogP contribution >= 0.6 is 11.6 Å². The van der Waals surface area contributed by atoms with E-state index in [-0.39, 0.29) is 29.2 Å². The highest BCUT2D eigenvalue weighted by molar-refractivity contribution is 6.31. The van der Waals surface area contributed by atoms with Crippen molar-refractivity contribution in [2.75, 3.05) is 18.5 Å². The minimum Gasteiger partial charge on any atom is -0.396 e. The third-order valence-electron chi connectivity index (χ3n) is 2.20. The van der Waals surface area contributed by atoms with Crippen molar-refractivity contribution in [2.45, 2.75) is 13.3 Å². The van der Waals surface area contributed by atoms with Gasteiger partial charge in [-0.25, -0.2) is 9.97 Å². The smallest absolute Gasteiger partial charge is 0.348 e. The summed E-state index contributed by atoms with van der Waals surface area (Å²) in [4.78, 5) is 17.5. The molecule has 1 atom stereocenters. The second-order valence-electron chi connectivity index (χ2n) is 3.62. The van der Waals surface area contributed by atoms with Crippen LogP contribution in [0, 0.1) is 16.0 Å². The van der Waals surface area contributed by atoms with Crippen LogP contribution in [-0.4, -0.2) is 33.1 Å². The second-order valence-corrected chi connectivity index (χ2v) is 3.98. The van der Waals surface area contributed by atoms with Crippen molar-refractivity contribution < 1.29 is 10.0 Å². The molecule has 0 bridgehead atoms. The topological polar surface area (TPSA) is 101 Å². The van der Waals surface area contributed by atoms with Crippen LogP contribution in [0.4, 0.5) is 11.5 Å². The third-order valence-corrected chi connectivity index (χ3v) is 2.48. The Morgan fingerprint density at radius 3 is 2.94 bits per heavy atom. The maximum Gasteiger partial charge on any atom is 0.348 e. The molecule has 0 aliphatic carbocycles. The summed E-state index contributed by atoms with van der Waals surface area (Å²) >= 11 is 5.63. The van der Waals surface area contributed by atoms with E-state index in [2.05, 4.69) is 15.3 Å². The molecular formula is C9H13ClN4O3. The Balaban J connectivity index is 2.77. The lowest BCUT2D eigenvalue weighted by Crippen LogP contribution is -2.14. The summed E-state index contributed by atoms with van der Waals surface area (Å²) in [6, 6.07) is 0. The van der Waals surface area contributed by atoms with E-state index in [4.69, 9.17) is 16.7 Å².